The zero-order valence-corrected chi connectivity index (χ0v) is 11.8. The number of aromatic nitrogens is 2. The molecule has 0 bridgehead atoms. The van der Waals surface area contributed by atoms with Gasteiger partial charge in [-0.25, -0.2) is 9.37 Å². The monoisotopic (exact) mass is 317 g/mol. The van der Waals surface area contributed by atoms with Crippen LogP contribution >= 0.6 is 11.6 Å². The third-order valence-corrected chi connectivity index (χ3v) is 3.05. The summed E-state index contributed by atoms with van der Waals surface area (Å²) in [6, 6.07) is 7.22. The van der Waals surface area contributed by atoms with Crippen LogP contribution in [0.2, 0.25) is 5.02 Å². The topological polar surface area (TPSA) is 68.0 Å². The summed E-state index contributed by atoms with van der Waals surface area (Å²) < 4.78 is 18.4. The van der Waals surface area contributed by atoms with Crippen LogP contribution in [0.25, 0.3) is 11.3 Å². The molecule has 0 unspecified atom stereocenters. The lowest BCUT2D eigenvalue weighted by Gasteiger charge is -2.05. The number of pyridine rings is 1. The molecule has 3 aromatic rings. The van der Waals surface area contributed by atoms with Crippen LogP contribution in [-0.2, 0) is 0 Å². The molecule has 7 heteroatoms. The van der Waals surface area contributed by atoms with E-state index in [1.54, 1.807) is 6.07 Å². The van der Waals surface area contributed by atoms with Crippen LogP contribution < -0.4 is 5.32 Å². The van der Waals surface area contributed by atoms with E-state index in [9.17, 15) is 9.18 Å². The van der Waals surface area contributed by atoms with Gasteiger partial charge in [-0.3, -0.25) is 15.1 Å². The van der Waals surface area contributed by atoms with Gasteiger partial charge in [-0.15, -0.1) is 0 Å². The lowest BCUT2D eigenvalue weighted by Crippen LogP contribution is -2.12. The number of oxazole rings is 1. The van der Waals surface area contributed by atoms with Crippen LogP contribution in [0.1, 0.15) is 10.4 Å². The van der Waals surface area contributed by atoms with Crippen LogP contribution in [-0.4, -0.2) is 15.9 Å². The maximum absolute atomic E-state index is 13.4. The number of carbonyl (C=O) groups excluding carboxylic acids is 1. The van der Waals surface area contributed by atoms with Crippen molar-refractivity contribution in [3.05, 3.63) is 65.4 Å². The predicted molar refractivity (Wildman–Crippen MR) is 79.1 cm³/mol. The smallest absolute Gasteiger partial charge is 0.301 e. The Balaban J connectivity index is 1.90. The van der Waals surface area contributed by atoms with Crippen LogP contribution in [0.5, 0.6) is 0 Å². The zero-order valence-electron chi connectivity index (χ0n) is 11.1. The molecule has 0 aliphatic carbocycles. The zero-order chi connectivity index (χ0) is 15.5. The molecule has 1 aromatic carbocycles. The van der Waals surface area contributed by atoms with Crippen LogP contribution in [0.3, 0.4) is 0 Å². The van der Waals surface area contributed by atoms with Gasteiger partial charge in [-0.2, -0.15) is 0 Å². The van der Waals surface area contributed by atoms with Crippen molar-refractivity contribution >= 4 is 23.5 Å². The van der Waals surface area contributed by atoms with E-state index < -0.39 is 11.7 Å². The maximum Gasteiger partial charge on any atom is 0.301 e. The number of nitrogens with zero attached hydrogens (tertiary/aromatic N) is 2. The van der Waals surface area contributed by atoms with Crippen molar-refractivity contribution in [3.63, 3.8) is 0 Å². The number of rotatable bonds is 3. The van der Waals surface area contributed by atoms with Gasteiger partial charge in [0.25, 0.3) is 5.91 Å². The standard InChI is InChI=1S/C15H9ClFN3O2/c16-11-5-10(6-12(17)8-11)13-7-9(1-2-18-13)14(21)20-15-19-3-4-22-15/h1-8H,(H,19,20,21). The molecule has 22 heavy (non-hydrogen) atoms. The number of benzene rings is 1. The predicted octanol–water partition coefficient (Wildman–Crippen LogP) is 3.78. The summed E-state index contributed by atoms with van der Waals surface area (Å²) >= 11 is 5.83. The van der Waals surface area contributed by atoms with E-state index in [1.807, 2.05) is 0 Å². The summed E-state index contributed by atoms with van der Waals surface area (Å²) in [7, 11) is 0. The second-order valence-electron chi connectivity index (χ2n) is 4.38. The largest absolute Gasteiger partial charge is 0.432 e. The van der Waals surface area contributed by atoms with Crippen molar-refractivity contribution in [3.8, 4) is 11.3 Å². The molecule has 2 heterocycles. The molecule has 0 fully saturated rings. The maximum atomic E-state index is 13.4. The fourth-order valence-electron chi connectivity index (χ4n) is 1.89. The molecule has 1 amide bonds. The average Bonchev–Trinajstić information content (AvgIpc) is 2.99. The molecule has 0 atom stereocenters. The van der Waals surface area contributed by atoms with E-state index >= 15 is 0 Å². The van der Waals surface area contributed by atoms with Crippen LogP contribution in [0.15, 0.2) is 53.4 Å². The highest BCUT2D eigenvalue weighted by atomic mass is 35.5. The molecular formula is C15H9ClFN3O2. The average molecular weight is 318 g/mol. The molecule has 110 valence electrons. The number of amides is 1. The van der Waals surface area contributed by atoms with E-state index in [4.69, 9.17) is 16.0 Å². The molecule has 0 saturated heterocycles. The molecule has 0 spiro atoms. The number of hydrogen-bond acceptors (Lipinski definition) is 4. The number of anilines is 1. The van der Waals surface area contributed by atoms with E-state index in [2.05, 4.69) is 15.3 Å². The summed E-state index contributed by atoms with van der Waals surface area (Å²) in [5.41, 5.74) is 1.25. The number of hydrogen-bond donors (Lipinski definition) is 1. The highest BCUT2D eigenvalue weighted by molar-refractivity contribution is 6.30. The molecule has 0 saturated carbocycles. The normalized spacial score (nSPS) is 10.5. The van der Waals surface area contributed by atoms with Crippen LogP contribution in [0, 0.1) is 5.82 Å². The van der Waals surface area contributed by atoms with Crippen molar-refractivity contribution < 1.29 is 13.6 Å². The van der Waals surface area contributed by atoms with Gasteiger partial charge in [0.05, 0.1) is 11.9 Å². The third-order valence-electron chi connectivity index (χ3n) is 2.83. The fraction of sp³-hybridized carbons (Fsp3) is 0. The lowest BCUT2D eigenvalue weighted by molar-refractivity contribution is 0.102. The van der Waals surface area contributed by atoms with Crippen molar-refractivity contribution in [1.82, 2.24) is 9.97 Å². The first-order valence-corrected chi connectivity index (χ1v) is 6.63. The number of nitrogens with one attached hydrogen (secondary N) is 1. The van der Waals surface area contributed by atoms with Crippen LogP contribution in [0.4, 0.5) is 10.4 Å². The minimum Gasteiger partial charge on any atom is -0.432 e. The van der Waals surface area contributed by atoms with Gasteiger partial charge in [0, 0.05) is 22.3 Å². The first-order valence-electron chi connectivity index (χ1n) is 6.25. The quantitative estimate of drug-likeness (QED) is 0.798. The van der Waals surface area contributed by atoms with E-state index in [1.165, 1.54) is 42.9 Å². The Morgan fingerprint density at radius 3 is 2.77 bits per heavy atom. The van der Waals surface area contributed by atoms with Gasteiger partial charge in [-0.05, 0) is 30.3 Å². The van der Waals surface area contributed by atoms with E-state index in [0.29, 0.717) is 16.8 Å². The van der Waals surface area contributed by atoms with Crippen molar-refractivity contribution in [2.45, 2.75) is 0 Å². The molecule has 1 N–H and O–H groups in total. The second-order valence-corrected chi connectivity index (χ2v) is 4.82. The third kappa shape index (κ3) is 3.12. The second kappa shape index (κ2) is 5.95. The van der Waals surface area contributed by atoms with Gasteiger partial charge >= 0.3 is 6.01 Å². The van der Waals surface area contributed by atoms with Crippen molar-refractivity contribution in [1.29, 1.82) is 0 Å². The first kappa shape index (κ1) is 14.2. The minimum absolute atomic E-state index is 0.0946. The van der Waals surface area contributed by atoms with Gasteiger partial charge in [0.2, 0.25) is 0 Å². The van der Waals surface area contributed by atoms with Crippen molar-refractivity contribution in [2.75, 3.05) is 5.32 Å². The lowest BCUT2D eigenvalue weighted by atomic mass is 10.1. The van der Waals surface area contributed by atoms with Crippen molar-refractivity contribution in [2.24, 2.45) is 0 Å². The molecule has 5 nitrogen and oxygen atoms in total. The Bertz CT molecular complexity index is 801. The fourth-order valence-corrected chi connectivity index (χ4v) is 2.11. The Morgan fingerprint density at radius 1 is 1.18 bits per heavy atom. The molecule has 3 rings (SSSR count). The summed E-state index contributed by atoms with van der Waals surface area (Å²) in [5.74, 6) is -0.882. The minimum atomic E-state index is -0.473. The van der Waals surface area contributed by atoms with Gasteiger partial charge in [0.15, 0.2) is 0 Å². The SMILES string of the molecule is O=C(Nc1ncco1)c1ccnc(-c2cc(F)cc(Cl)c2)c1. The number of carbonyl (C=O) groups is 1. The highest BCUT2D eigenvalue weighted by Gasteiger charge is 2.11. The Hall–Kier alpha value is -2.73. The molecule has 0 radical (unpaired) electrons. The van der Waals surface area contributed by atoms with Gasteiger partial charge < -0.3 is 4.42 Å². The Morgan fingerprint density at radius 2 is 2.05 bits per heavy atom. The van der Waals surface area contributed by atoms with E-state index in [0.717, 1.165) is 0 Å². The van der Waals surface area contributed by atoms with E-state index in [-0.39, 0.29) is 11.0 Å². The first-order chi connectivity index (χ1) is 10.6. The summed E-state index contributed by atoms with van der Waals surface area (Å²) in [6.07, 6.45) is 4.23. The summed E-state index contributed by atoms with van der Waals surface area (Å²) in [4.78, 5) is 20.0. The Labute approximate surface area is 129 Å². The Kier molecular flexibility index (Phi) is 3.84. The molecule has 2 aromatic heterocycles. The highest BCUT2D eigenvalue weighted by Crippen LogP contribution is 2.23. The van der Waals surface area contributed by atoms with Gasteiger partial charge in [0.1, 0.15) is 12.1 Å². The van der Waals surface area contributed by atoms with Gasteiger partial charge in [-0.1, -0.05) is 11.6 Å². The molecule has 0 aliphatic rings. The molecular weight excluding hydrogens is 309 g/mol. The summed E-state index contributed by atoms with van der Waals surface area (Å²) in [6.45, 7) is 0. The molecule has 0 aliphatic heterocycles. The summed E-state index contributed by atoms with van der Waals surface area (Å²) in [5, 5.41) is 2.75. The number of halogens is 2.